The van der Waals surface area contributed by atoms with Gasteiger partial charge in [0.1, 0.15) is 0 Å². The lowest BCUT2D eigenvalue weighted by Gasteiger charge is -2.08. The van der Waals surface area contributed by atoms with E-state index in [2.05, 4.69) is 5.32 Å². The van der Waals surface area contributed by atoms with Crippen molar-refractivity contribution in [3.8, 4) is 0 Å². The monoisotopic (exact) mass is 255 g/mol. The minimum absolute atomic E-state index is 0.00323. The molecule has 1 aromatic rings. The molecule has 0 spiro atoms. The van der Waals surface area contributed by atoms with Crippen LogP contribution in [0.15, 0.2) is 29.2 Å². The number of benzene rings is 1. The minimum atomic E-state index is -0.0949. The van der Waals surface area contributed by atoms with Crippen molar-refractivity contribution in [1.82, 2.24) is 5.32 Å². The molecule has 0 bridgehead atoms. The van der Waals surface area contributed by atoms with E-state index in [-0.39, 0.29) is 12.5 Å². The van der Waals surface area contributed by atoms with Crippen LogP contribution in [0.3, 0.4) is 0 Å². The maximum Gasteiger partial charge on any atom is 0.252 e. The molecule has 1 rings (SSSR count). The van der Waals surface area contributed by atoms with Crippen LogP contribution < -0.4 is 5.32 Å². The van der Waals surface area contributed by atoms with Gasteiger partial charge < -0.3 is 15.2 Å². The molecule has 0 aromatic heterocycles. The van der Waals surface area contributed by atoms with E-state index in [1.807, 2.05) is 24.5 Å². The van der Waals surface area contributed by atoms with E-state index in [1.165, 1.54) is 0 Å². The van der Waals surface area contributed by atoms with Crippen LogP contribution in [0, 0.1) is 0 Å². The molecule has 17 heavy (non-hydrogen) atoms. The summed E-state index contributed by atoms with van der Waals surface area (Å²) in [5, 5.41) is 11.3. The molecule has 4 nitrogen and oxygen atoms in total. The van der Waals surface area contributed by atoms with E-state index in [9.17, 15) is 4.79 Å². The fourth-order valence-electron chi connectivity index (χ4n) is 1.33. The van der Waals surface area contributed by atoms with E-state index in [4.69, 9.17) is 9.84 Å². The number of aliphatic hydroxyl groups excluding tert-OH is 1. The third-order valence-corrected chi connectivity index (χ3v) is 2.92. The average molecular weight is 255 g/mol. The lowest BCUT2D eigenvalue weighted by atomic mass is 10.2. The number of aliphatic hydroxyl groups is 1. The van der Waals surface area contributed by atoms with Crippen LogP contribution in [0.5, 0.6) is 0 Å². The molecule has 1 amide bonds. The zero-order chi connectivity index (χ0) is 12.5. The molecule has 0 aliphatic carbocycles. The van der Waals surface area contributed by atoms with E-state index in [1.54, 1.807) is 17.8 Å². The second-order valence-electron chi connectivity index (χ2n) is 3.29. The topological polar surface area (TPSA) is 58.6 Å². The Balaban J connectivity index is 2.41. The Bertz CT molecular complexity index is 357. The highest BCUT2D eigenvalue weighted by molar-refractivity contribution is 7.98. The van der Waals surface area contributed by atoms with Gasteiger partial charge in [-0.25, -0.2) is 0 Å². The number of ether oxygens (including phenoxy) is 1. The maximum absolute atomic E-state index is 11.8. The highest BCUT2D eigenvalue weighted by Gasteiger charge is 2.08. The SMILES string of the molecule is CSc1ccccc1C(=O)NCCOCCO. The molecule has 0 saturated heterocycles. The summed E-state index contributed by atoms with van der Waals surface area (Å²) in [6.07, 6.45) is 1.94. The zero-order valence-electron chi connectivity index (χ0n) is 9.81. The number of hydrogen-bond acceptors (Lipinski definition) is 4. The van der Waals surface area contributed by atoms with Gasteiger partial charge in [0.05, 0.1) is 25.4 Å². The molecule has 0 aliphatic heterocycles. The fourth-order valence-corrected chi connectivity index (χ4v) is 1.93. The summed E-state index contributed by atoms with van der Waals surface area (Å²) in [6, 6.07) is 7.47. The van der Waals surface area contributed by atoms with Crippen molar-refractivity contribution in [3.63, 3.8) is 0 Å². The number of rotatable bonds is 7. The van der Waals surface area contributed by atoms with Gasteiger partial charge in [-0.2, -0.15) is 0 Å². The molecular formula is C12H17NO3S. The molecule has 5 heteroatoms. The van der Waals surface area contributed by atoms with Crippen molar-refractivity contribution in [2.45, 2.75) is 4.90 Å². The van der Waals surface area contributed by atoms with Gasteiger partial charge in [0.25, 0.3) is 5.91 Å². The molecule has 0 heterocycles. The van der Waals surface area contributed by atoms with Crippen molar-refractivity contribution < 1.29 is 14.6 Å². The standard InChI is InChI=1S/C12H17NO3S/c1-17-11-5-3-2-4-10(11)12(15)13-6-8-16-9-7-14/h2-5,14H,6-9H2,1H3,(H,13,15). The number of amides is 1. The quantitative estimate of drug-likeness (QED) is 0.567. The molecule has 0 saturated carbocycles. The van der Waals surface area contributed by atoms with Crippen molar-refractivity contribution in [1.29, 1.82) is 0 Å². The Kier molecular flexibility index (Phi) is 6.69. The first kappa shape index (κ1) is 14.0. The number of nitrogens with one attached hydrogen (secondary N) is 1. The molecule has 0 unspecified atom stereocenters. The van der Waals surface area contributed by atoms with Gasteiger partial charge >= 0.3 is 0 Å². The normalized spacial score (nSPS) is 10.2. The lowest BCUT2D eigenvalue weighted by molar-refractivity contribution is 0.0836. The largest absolute Gasteiger partial charge is 0.394 e. The number of carbonyl (C=O) groups excluding carboxylic acids is 1. The van der Waals surface area contributed by atoms with Gasteiger partial charge in [0.2, 0.25) is 0 Å². The van der Waals surface area contributed by atoms with Gasteiger partial charge in [-0.1, -0.05) is 12.1 Å². The Hall–Kier alpha value is -1.04. The average Bonchev–Trinajstić information content (AvgIpc) is 2.38. The van der Waals surface area contributed by atoms with Gasteiger partial charge in [-0.3, -0.25) is 4.79 Å². The van der Waals surface area contributed by atoms with Crippen LogP contribution in [0.2, 0.25) is 0 Å². The third-order valence-electron chi connectivity index (χ3n) is 2.12. The summed E-state index contributed by atoms with van der Waals surface area (Å²) in [5.74, 6) is -0.0949. The van der Waals surface area contributed by atoms with Crippen LogP contribution >= 0.6 is 11.8 Å². The van der Waals surface area contributed by atoms with Gasteiger partial charge in [0.15, 0.2) is 0 Å². The van der Waals surface area contributed by atoms with Crippen molar-refractivity contribution in [2.75, 3.05) is 32.6 Å². The Morgan fingerprint density at radius 3 is 2.88 bits per heavy atom. The van der Waals surface area contributed by atoms with Crippen LogP contribution in [0.1, 0.15) is 10.4 Å². The summed E-state index contributed by atoms with van der Waals surface area (Å²) < 4.78 is 5.06. The van der Waals surface area contributed by atoms with E-state index in [0.29, 0.717) is 25.3 Å². The fraction of sp³-hybridized carbons (Fsp3) is 0.417. The second-order valence-corrected chi connectivity index (χ2v) is 4.14. The molecule has 0 atom stereocenters. The molecule has 94 valence electrons. The Morgan fingerprint density at radius 2 is 2.18 bits per heavy atom. The highest BCUT2D eigenvalue weighted by Crippen LogP contribution is 2.19. The van der Waals surface area contributed by atoms with Crippen LogP contribution in [0.25, 0.3) is 0 Å². The van der Waals surface area contributed by atoms with Crippen LogP contribution in [-0.2, 0) is 4.74 Å². The maximum atomic E-state index is 11.8. The van der Waals surface area contributed by atoms with Crippen molar-refractivity contribution in [2.24, 2.45) is 0 Å². The second kappa shape index (κ2) is 8.11. The lowest BCUT2D eigenvalue weighted by Crippen LogP contribution is -2.27. The first-order valence-corrected chi connectivity index (χ1v) is 6.62. The molecular weight excluding hydrogens is 238 g/mol. The Labute approximate surface area is 105 Å². The summed E-state index contributed by atoms with van der Waals surface area (Å²) in [5.41, 5.74) is 0.683. The first-order chi connectivity index (χ1) is 8.29. The van der Waals surface area contributed by atoms with E-state index < -0.39 is 0 Å². The number of thioether (sulfide) groups is 1. The van der Waals surface area contributed by atoms with Crippen LogP contribution in [0.4, 0.5) is 0 Å². The third kappa shape index (κ3) is 4.77. The van der Waals surface area contributed by atoms with Gasteiger partial charge in [0, 0.05) is 11.4 Å². The smallest absolute Gasteiger partial charge is 0.252 e. The predicted octanol–water partition coefficient (Wildman–Crippen LogP) is 1.15. The summed E-state index contributed by atoms with van der Waals surface area (Å²) in [4.78, 5) is 12.8. The van der Waals surface area contributed by atoms with Gasteiger partial charge in [-0.15, -0.1) is 11.8 Å². The minimum Gasteiger partial charge on any atom is -0.394 e. The summed E-state index contributed by atoms with van der Waals surface area (Å²) in [6.45, 7) is 1.16. The molecule has 0 radical (unpaired) electrons. The van der Waals surface area contributed by atoms with Crippen LogP contribution in [-0.4, -0.2) is 43.6 Å². The number of hydrogen-bond donors (Lipinski definition) is 2. The van der Waals surface area contributed by atoms with Crippen molar-refractivity contribution in [3.05, 3.63) is 29.8 Å². The van der Waals surface area contributed by atoms with Gasteiger partial charge in [-0.05, 0) is 18.4 Å². The summed E-state index contributed by atoms with van der Waals surface area (Å²) in [7, 11) is 0. The molecule has 0 fully saturated rings. The Morgan fingerprint density at radius 1 is 1.41 bits per heavy atom. The zero-order valence-corrected chi connectivity index (χ0v) is 10.6. The predicted molar refractivity (Wildman–Crippen MR) is 68.5 cm³/mol. The van der Waals surface area contributed by atoms with Crippen molar-refractivity contribution >= 4 is 17.7 Å². The molecule has 2 N–H and O–H groups in total. The first-order valence-electron chi connectivity index (χ1n) is 5.39. The molecule has 0 aliphatic rings. The summed E-state index contributed by atoms with van der Waals surface area (Å²) >= 11 is 1.55. The molecule has 1 aromatic carbocycles. The number of carbonyl (C=O) groups is 1. The highest BCUT2D eigenvalue weighted by atomic mass is 32.2. The van der Waals surface area contributed by atoms with E-state index >= 15 is 0 Å². The van der Waals surface area contributed by atoms with E-state index in [0.717, 1.165) is 4.90 Å².